The zero-order valence-corrected chi connectivity index (χ0v) is 11.8. The van der Waals surface area contributed by atoms with Gasteiger partial charge in [0.25, 0.3) is 5.91 Å². The summed E-state index contributed by atoms with van der Waals surface area (Å²) >= 11 is 11.5. The van der Waals surface area contributed by atoms with Crippen LogP contribution in [0.1, 0.15) is 10.5 Å². The second kappa shape index (κ2) is 6.69. The second-order valence-electron chi connectivity index (χ2n) is 3.84. The van der Waals surface area contributed by atoms with Gasteiger partial charge in [-0.15, -0.1) is 0 Å². The van der Waals surface area contributed by atoms with Crippen molar-refractivity contribution in [3.05, 3.63) is 52.3 Å². The van der Waals surface area contributed by atoms with E-state index in [-0.39, 0.29) is 16.5 Å². The molecule has 0 aliphatic carbocycles. The van der Waals surface area contributed by atoms with E-state index in [0.717, 1.165) is 0 Å². The quantitative estimate of drug-likeness (QED) is 0.910. The number of alkyl halides is 2. The lowest BCUT2D eigenvalue weighted by Gasteiger charge is -2.09. The maximum atomic E-state index is 12.1. The monoisotopic (exact) mass is 332 g/mol. The van der Waals surface area contributed by atoms with Crippen LogP contribution in [-0.2, 0) is 0 Å². The van der Waals surface area contributed by atoms with Crippen molar-refractivity contribution < 1.29 is 18.3 Å². The van der Waals surface area contributed by atoms with Gasteiger partial charge in [-0.05, 0) is 30.3 Å². The molecule has 0 aliphatic heterocycles. The van der Waals surface area contributed by atoms with Crippen LogP contribution in [0.25, 0.3) is 0 Å². The minimum Gasteiger partial charge on any atom is -0.433 e. The van der Waals surface area contributed by atoms with E-state index in [2.05, 4.69) is 15.0 Å². The van der Waals surface area contributed by atoms with Crippen LogP contribution in [0.3, 0.4) is 0 Å². The Morgan fingerprint density at radius 2 is 2.00 bits per heavy atom. The Hall–Kier alpha value is -1.92. The van der Waals surface area contributed by atoms with E-state index in [0.29, 0.717) is 10.7 Å². The molecule has 0 atom stereocenters. The number of anilines is 1. The number of halogens is 4. The number of nitrogens with zero attached hydrogens (tertiary/aromatic N) is 1. The van der Waals surface area contributed by atoms with Gasteiger partial charge in [0.15, 0.2) is 0 Å². The third kappa shape index (κ3) is 4.27. The summed E-state index contributed by atoms with van der Waals surface area (Å²) in [6.07, 6.45) is 1.39. The highest BCUT2D eigenvalue weighted by atomic mass is 35.5. The van der Waals surface area contributed by atoms with E-state index >= 15 is 0 Å². The van der Waals surface area contributed by atoms with Crippen LogP contribution in [0.15, 0.2) is 36.5 Å². The standard InChI is InChI=1S/C13H8Cl2F2N2O2/c14-7-3-4-18-10(5-7)12(20)19-8-1-2-11(9(15)6-8)21-13(16)17/h1-6,13H,(H,19,20). The van der Waals surface area contributed by atoms with Crippen LogP contribution in [0.5, 0.6) is 5.75 Å². The molecule has 0 bridgehead atoms. The van der Waals surface area contributed by atoms with E-state index in [4.69, 9.17) is 23.2 Å². The largest absolute Gasteiger partial charge is 0.433 e. The number of benzene rings is 1. The highest BCUT2D eigenvalue weighted by Crippen LogP contribution is 2.29. The van der Waals surface area contributed by atoms with Crippen molar-refractivity contribution in [2.45, 2.75) is 6.61 Å². The maximum absolute atomic E-state index is 12.1. The number of aromatic nitrogens is 1. The predicted octanol–water partition coefficient (Wildman–Crippen LogP) is 4.24. The van der Waals surface area contributed by atoms with E-state index in [1.807, 2.05) is 0 Å². The molecule has 1 heterocycles. The fourth-order valence-electron chi connectivity index (χ4n) is 1.49. The Kier molecular flexibility index (Phi) is 4.93. The smallest absolute Gasteiger partial charge is 0.387 e. The third-order valence-corrected chi connectivity index (χ3v) is 2.89. The first-order valence-electron chi connectivity index (χ1n) is 5.63. The van der Waals surface area contributed by atoms with Gasteiger partial charge in [-0.3, -0.25) is 9.78 Å². The number of rotatable bonds is 4. The zero-order chi connectivity index (χ0) is 15.4. The lowest BCUT2D eigenvalue weighted by molar-refractivity contribution is -0.0497. The van der Waals surface area contributed by atoms with Crippen molar-refractivity contribution in [2.24, 2.45) is 0 Å². The molecule has 0 unspecified atom stereocenters. The van der Waals surface area contributed by atoms with Crippen molar-refractivity contribution in [2.75, 3.05) is 5.32 Å². The van der Waals surface area contributed by atoms with Gasteiger partial charge in [-0.25, -0.2) is 0 Å². The Morgan fingerprint density at radius 1 is 1.24 bits per heavy atom. The molecular weight excluding hydrogens is 325 g/mol. The zero-order valence-electron chi connectivity index (χ0n) is 10.3. The van der Waals surface area contributed by atoms with Gasteiger partial charge >= 0.3 is 6.61 Å². The van der Waals surface area contributed by atoms with Crippen LogP contribution in [0.2, 0.25) is 10.0 Å². The Balaban J connectivity index is 2.13. The molecule has 8 heteroatoms. The molecule has 1 aromatic heterocycles. The molecule has 2 aromatic rings. The normalized spacial score (nSPS) is 10.5. The summed E-state index contributed by atoms with van der Waals surface area (Å²) in [6, 6.07) is 6.84. The fourth-order valence-corrected chi connectivity index (χ4v) is 1.88. The molecule has 0 spiro atoms. The first-order chi connectivity index (χ1) is 9.95. The van der Waals surface area contributed by atoms with E-state index in [1.165, 1.54) is 36.5 Å². The van der Waals surface area contributed by atoms with Crippen LogP contribution in [0.4, 0.5) is 14.5 Å². The van der Waals surface area contributed by atoms with Gasteiger partial charge in [-0.1, -0.05) is 23.2 Å². The summed E-state index contributed by atoms with van der Waals surface area (Å²) in [4.78, 5) is 15.8. The lowest BCUT2D eigenvalue weighted by atomic mass is 10.2. The summed E-state index contributed by atoms with van der Waals surface area (Å²) in [7, 11) is 0. The summed E-state index contributed by atoms with van der Waals surface area (Å²) in [5, 5.41) is 2.84. The topological polar surface area (TPSA) is 51.2 Å². The van der Waals surface area contributed by atoms with Gasteiger partial charge in [-0.2, -0.15) is 8.78 Å². The number of hydrogen-bond acceptors (Lipinski definition) is 3. The van der Waals surface area contributed by atoms with Crippen molar-refractivity contribution in [1.29, 1.82) is 0 Å². The molecule has 0 saturated heterocycles. The number of nitrogens with one attached hydrogen (secondary N) is 1. The van der Waals surface area contributed by atoms with Crippen LogP contribution in [-0.4, -0.2) is 17.5 Å². The van der Waals surface area contributed by atoms with Crippen LogP contribution >= 0.6 is 23.2 Å². The van der Waals surface area contributed by atoms with Gasteiger partial charge in [0, 0.05) is 16.9 Å². The fraction of sp³-hybridized carbons (Fsp3) is 0.0769. The van der Waals surface area contributed by atoms with Crippen molar-refractivity contribution >= 4 is 34.8 Å². The summed E-state index contributed by atoms with van der Waals surface area (Å²) in [6.45, 7) is -2.97. The molecule has 1 aromatic carbocycles. The van der Waals surface area contributed by atoms with Crippen LogP contribution in [0, 0.1) is 0 Å². The SMILES string of the molecule is O=C(Nc1ccc(OC(F)F)c(Cl)c1)c1cc(Cl)ccn1. The van der Waals surface area contributed by atoms with E-state index in [9.17, 15) is 13.6 Å². The number of pyridine rings is 1. The maximum Gasteiger partial charge on any atom is 0.387 e. The number of carbonyl (C=O) groups excluding carboxylic acids is 1. The Labute approximate surface area is 128 Å². The molecule has 0 aliphatic rings. The molecule has 110 valence electrons. The van der Waals surface area contributed by atoms with Crippen molar-refractivity contribution in [3.8, 4) is 5.75 Å². The molecular formula is C13H8Cl2F2N2O2. The highest BCUT2D eigenvalue weighted by molar-refractivity contribution is 6.32. The van der Waals surface area contributed by atoms with Crippen molar-refractivity contribution in [3.63, 3.8) is 0 Å². The van der Waals surface area contributed by atoms with Gasteiger partial charge < -0.3 is 10.1 Å². The predicted molar refractivity (Wildman–Crippen MR) is 75.3 cm³/mol. The number of amides is 1. The molecule has 1 amide bonds. The van der Waals surface area contributed by atoms with Gasteiger partial charge in [0.2, 0.25) is 0 Å². The number of carbonyl (C=O) groups is 1. The first-order valence-corrected chi connectivity index (χ1v) is 6.38. The van der Waals surface area contributed by atoms with E-state index in [1.54, 1.807) is 0 Å². The molecule has 1 N–H and O–H groups in total. The molecule has 0 saturated carbocycles. The van der Waals surface area contributed by atoms with E-state index < -0.39 is 12.5 Å². The van der Waals surface area contributed by atoms with Gasteiger partial charge in [0.05, 0.1) is 5.02 Å². The summed E-state index contributed by atoms with van der Waals surface area (Å²) in [5.41, 5.74) is 0.430. The van der Waals surface area contributed by atoms with Gasteiger partial charge in [0.1, 0.15) is 11.4 Å². The third-order valence-electron chi connectivity index (χ3n) is 2.36. The average molecular weight is 333 g/mol. The molecule has 2 rings (SSSR count). The Morgan fingerprint density at radius 3 is 2.62 bits per heavy atom. The molecule has 0 fully saturated rings. The minimum absolute atomic E-state index is 0.0489. The lowest BCUT2D eigenvalue weighted by Crippen LogP contribution is -2.13. The summed E-state index contributed by atoms with van der Waals surface area (Å²) < 4.78 is 28.4. The number of hydrogen-bond donors (Lipinski definition) is 1. The minimum atomic E-state index is -2.97. The molecule has 0 radical (unpaired) electrons. The average Bonchev–Trinajstić information content (AvgIpc) is 2.41. The van der Waals surface area contributed by atoms with Crippen LogP contribution < -0.4 is 10.1 Å². The Bertz CT molecular complexity index is 668. The second-order valence-corrected chi connectivity index (χ2v) is 4.68. The number of ether oxygens (including phenoxy) is 1. The first kappa shape index (κ1) is 15.5. The molecule has 21 heavy (non-hydrogen) atoms. The molecule has 4 nitrogen and oxygen atoms in total. The summed E-state index contributed by atoms with van der Waals surface area (Å²) in [5.74, 6) is -0.679. The highest BCUT2D eigenvalue weighted by Gasteiger charge is 2.12. The van der Waals surface area contributed by atoms with Crippen molar-refractivity contribution in [1.82, 2.24) is 4.98 Å².